The van der Waals surface area contributed by atoms with Gasteiger partial charge < -0.3 is 0 Å². The molecule has 0 atom stereocenters. The molecule has 20 heavy (non-hydrogen) atoms. The van der Waals surface area contributed by atoms with Crippen molar-refractivity contribution in [3.8, 4) is 0 Å². The minimum absolute atomic E-state index is 0.148. The van der Waals surface area contributed by atoms with Crippen LogP contribution in [0.2, 0.25) is 0 Å². The zero-order valence-corrected chi connectivity index (χ0v) is 14.5. The lowest BCUT2D eigenvalue weighted by atomic mass is 10.0. The Morgan fingerprint density at radius 1 is 0.850 bits per heavy atom. The number of hydrogen-bond donors (Lipinski definition) is 0. The van der Waals surface area contributed by atoms with Crippen LogP contribution in [0, 0.1) is 13.0 Å². The second-order valence-corrected chi connectivity index (χ2v) is 7.68. The molecule has 0 N–H and O–H groups in total. The Balaban J connectivity index is 2.41. The van der Waals surface area contributed by atoms with Gasteiger partial charge in [-0.25, -0.2) is 4.39 Å². The Bertz CT molecular complexity index is 547. The Morgan fingerprint density at radius 2 is 1.40 bits per heavy atom. The van der Waals surface area contributed by atoms with E-state index in [1.165, 1.54) is 23.8 Å². The van der Waals surface area contributed by atoms with E-state index >= 15 is 0 Å². The molecule has 0 radical (unpaired) electrons. The van der Waals surface area contributed by atoms with Crippen molar-refractivity contribution in [3.63, 3.8) is 0 Å². The summed E-state index contributed by atoms with van der Waals surface area (Å²) in [6.45, 7) is 6.67. The molecular formula is C18H21FI+. The predicted octanol–water partition coefficient (Wildman–Crippen LogP) is 1.64. The fraction of sp³-hybridized carbons (Fsp3) is 0.333. The third-order valence-corrected chi connectivity index (χ3v) is 6.73. The van der Waals surface area contributed by atoms with Crippen molar-refractivity contribution in [3.05, 3.63) is 66.0 Å². The highest BCUT2D eigenvalue weighted by atomic mass is 127. The molecule has 0 fully saturated rings. The summed E-state index contributed by atoms with van der Waals surface area (Å²) in [6.07, 6.45) is 3.25. The van der Waals surface area contributed by atoms with Crippen LogP contribution < -0.4 is 21.2 Å². The first kappa shape index (κ1) is 15.5. The molecule has 0 aliphatic heterocycles. The summed E-state index contributed by atoms with van der Waals surface area (Å²) >= 11 is -0.225. The van der Waals surface area contributed by atoms with E-state index in [0.717, 1.165) is 19.3 Å². The molecule has 0 aromatic heterocycles. The van der Waals surface area contributed by atoms with E-state index in [-0.39, 0.29) is 27.0 Å². The number of benzene rings is 2. The molecule has 0 saturated carbocycles. The molecule has 0 heterocycles. The molecule has 106 valence electrons. The maximum Gasteiger partial charge on any atom is 0.358 e. The van der Waals surface area contributed by atoms with Gasteiger partial charge in [0.05, 0.1) is 0 Å². The molecule has 2 heteroatoms. The highest BCUT2D eigenvalue weighted by Crippen LogP contribution is 2.13. The first-order chi connectivity index (χ1) is 9.67. The van der Waals surface area contributed by atoms with Crippen molar-refractivity contribution in [2.75, 3.05) is 0 Å². The maximum absolute atomic E-state index is 13.0. The van der Waals surface area contributed by atoms with Crippen LogP contribution in [0.3, 0.4) is 0 Å². The SMILES string of the molecule is CCc1cc(CC)c([I+]c2ccc(F)cc2)c(CC)c1. The van der Waals surface area contributed by atoms with Crippen LogP contribution in [0.15, 0.2) is 36.4 Å². The second kappa shape index (κ2) is 7.21. The Labute approximate surface area is 131 Å². The monoisotopic (exact) mass is 383 g/mol. The first-order valence-corrected chi connectivity index (χ1v) is 9.38. The molecule has 0 spiro atoms. The zero-order valence-electron chi connectivity index (χ0n) is 12.3. The van der Waals surface area contributed by atoms with Gasteiger partial charge in [-0.3, -0.25) is 0 Å². The van der Waals surface area contributed by atoms with E-state index in [4.69, 9.17) is 0 Å². The van der Waals surface area contributed by atoms with E-state index in [2.05, 4.69) is 32.9 Å². The largest absolute Gasteiger partial charge is 0.358 e. The van der Waals surface area contributed by atoms with Gasteiger partial charge in [0, 0.05) is 11.1 Å². The molecule has 2 aromatic carbocycles. The first-order valence-electron chi connectivity index (χ1n) is 7.22. The molecule has 0 unspecified atom stereocenters. The smallest absolute Gasteiger partial charge is 0.207 e. The van der Waals surface area contributed by atoms with Gasteiger partial charge in [0.15, 0.2) is 3.57 Å². The van der Waals surface area contributed by atoms with E-state index in [9.17, 15) is 4.39 Å². The molecule has 0 amide bonds. The molecule has 0 saturated heterocycles. The van der Waals surface area contributed by atoms with Crippen molar-refractivity contribution in [1.29, 1.82) is 0 Å². The molecule has 0 bridgehead atoms. The second-order valence-electron chi connectivity index (χ2n) is 4.82. The fourth-order valence-corrected chi connectivity index (χ4v) is 5.37. The summed E-state index contributed by atoms with van der Waals surface area (Å²) in [5, 5.41) is 0. The summed E-state index contributed by atoms with van der Waals surface area (Å²) in [4.78, 5) is 0. The highest BCUT2D eigenvalue weighted by Gasteiger charge is 2.23. The summed E-state index contributed by atoms with van der Waals surface area (Å²) in [5.74, 6) is -0.148. The van der Waals surface area contributed by atoms with Gasteiger partial charge >= 0.3 is 21.2 Å². The predicted molar refractivity (Wildman–Crippen MR) is 78.4 cm³/mol. The van der Waals surface area contributed by atoms with Crippen LogP contribution in [0.1, 0.15) is 37.5 Å². The average molecular weight is 383 g/mol. The number of hydrogen-bond acceptors (Lipinski definition) is 0. The van der Waals surface area contributed by atoms with Gasteiger partial charge in [-0.1, -0.05) is 32.9 Å². The summed E-state index contributed by atoms with van der Waals surface area (Å²) in [6, 6.07) is 11.7. The van der Waals surface area contributed by atoms with Crippen LogP contribution in [0.5, 0.6) is 0 Å². The Morgan fingerprint density at radius 3 is 1.85 bits per heavy atom. The molecule has 0 nitrogen and oxygen atoms in total. The number of halogens is 2. The van der Waals surface area contributed by atoms with E-state index in [1.807, 2.05) is 12.1 Å². The summed E-state index contributed by atoms with van der Waals surface area (Å²) in [7, 11) is 0. The molecule has 0 aliphatic rings. The van der Waals surface area contributed by atoms with E-state index < -0.39 is 0 Å². The van der Waals surface area contributed by atoms with Gasteiger partial charge in [-0.2, -0.15) is 0 Å². The van der Waals surface area contributed by atoms with E-state index in [0.29, 0.717) is 0 Å². The fourth-order valence-electron chi connectivity index (χ4n) is 2.26. The normalized spacial score (nSPS) is 10.8. The number of aryl methyl sites for hydroxylation is 3. The van der Waals surface area contributed by atoms with Crippen LogP contribution in [0.25, 0.3) is 0 Å². The third-order valence-electron chi connectivity index (χ3n) is 3.46. The minimum atomic E-state index is -0.225. The summed E-state index contributed by atoms with van der Waals surface area (Å²) < 4.78 is 15.9. The van der Waals surface area contributed by atoms with Crippen molar-refractivity contribution < 1.29 is 25.6 Å². The van der Waals surface area contributed by atoms with Gasteiger partial charge in [0.1, 0.15) is 5.82 Å². The quantitative estimate of drug-likeness (QED) is 0.689. The maximum atomic E-state index is 13.0. The zero-order chi connectivity index (χ0) is 14.5. The van der Waals surface area contributed by atoms with Crippen molar-refractivity contribution >= 4 is 0 Å². The van der Waals surface area contributed by atoms with Crippen molar-refractivity contribution in [2.24, 2.45) is 0 Å². The van der Waals surface area contributed by atoms with Gasteiger partial charge in [-0.05, 0) is 49.1 Å². The van der Waals surface area contributed by atoms with E-state index in [1.54, 1.807) is 12.1 Å². The van der Waals surface area contributed by atoms with Gasteiger partial charge in [-0.15, -0.1) is 0 Å². The lowest BCUT2D eigenvalue weighted by Gasteiger charge is -2.07. The summed E-state index contributed by atoms with van der Waals surface area (Å²) in [5.41, 5.74) is 4.40. The average Bonchev–Trinajstić information content (AvgIpc) is 2.49. The van der Waals surface area contributed by atoms with Gasteiger partial charge in [0.25, 0.3) is 0 Å². The molecule has 2 rings (SSSR count). The standard InChI is InChI=1S/C18H21FI/c1-4-13-11-14(5-2)18(15(6-3)12-13)20-17-9-7-16(19)8-10-17/h7-12H,4-6H2,1-3H3/q+1. The van der Waals surface area contributed by atoms with Crippen molar-refractivity contribution in [1.82, 2.24) is 0 Å². The molecular weight excluding hydrogens is 362 g/mol. The lowest BCUT2D eigenvalue weighted by Crippen LogP contribution is -3.62. The molecule has 0 aliphatic carbocycles. The van der Waals surface area contributed by atoms with Crippen LogP contribution in [0.4, 0.5) is 4.39 Å². The number of rotatable bonds is 5. The lowest BCUT2D eigenvalue weighted by molar-refractivity contribution is -0.599. The topological polar surface area (TPSA) is 0 Å². The third kappa shape index (κ3) is 3.60. The van der Waals surface area contributed by atoms with Crippen molar-refractivity contribution in [2.45, 2.75) is 40.0 Å². The minimum Gasteiger partial charge on any atom is -0.207 e. The molecule has 2 aromatic rings. The Hall–Kier alpha value is -0.900. The Kier molecular flexibility index (Phi) is 5.58. The van der Waals surface area contributed by atoms with Crippen LogP contribution >= 0.6 is 0 Å². The van der Waals surface area contributed by atoms with Crippen LogP contribution in [-0.4, -0.2) is 0 Å². The van der Waals surface area contributed by atoms with Gasteiger partial charge in [0.2, 0.25) is 3.57 Å². The highest BCUT2D eigenvalue weighted by molar-refractivity contribution is 5.30. The van der Waals surface area contributed by atoms with Crippen LogP contribution in [-0.2, 0) is 19.3 Å².